The number of aliphatic carboxylic acids is 1. The Balaban J connectivity index is 1.83. The summed E-state index contributed by atoms with van der Waals surface area (Å²) >= 11 is 0. The number of carboxylic acid groups (broad SMARTS) is 1. The Labute approximate surface area is 155 Å². The molecule has 9 nitrogen and oxygen atoms in total. The van der Waals surface area contributed by atoms with Gasteiger partial charge in [0.15, 0.2) is 6.04 Å². The van der Waals surface area contributed by atoms with E-state index in [0.717, 1.165) is 22.2 Å². The Morgan fingerprint density at radius 2 is 2.00 bits per heavy atom. The molecule has 0 fully saturated rings. The zero-order chi connectivity index (χ0) is 19.8. The first-order chi connectivity index (χ1) is 12.7. The van der Waals surface area contributed by atoms with Crippen molar-refractivity contribution in [1.82, 2.24) is 9.62 Å². The van der Waals surface area contributed by atoms with Gasteiger partial charge in [-0.15, -0.1) is 0 Å². The van der Waals surface area contributed by atoms with Crippen LogP contribution in [0.25, 0.3) is 0 Å². The summed E-state index contributed by atoms with van der Waals surface area (Å²) in [4.78, 5) is 24.1. The van der Waals surface area contributed by atoms with Crippen molar-refractivity contribution in [2.75, 3.05) is 20.7 Å². The van der Waals surface area contributed by atoms with Crippen molar-refractivity contribution < 1.29 is 32.3 Å². The van der Waals surface area contributed by atoms with Crippen LogP contribution < -0.4 is 10.1 Å². The molecule has 0 bridgehead atoms. The molecule has 0 aliphatic carbocycles. The Morgan fingerprint density at radius 1 is 1.26 bits per heavy atom. The smallest absolute Gasteiger partial charge is 0.330 e. The van der Waals surface area contributed by atoms with Crippen LogP contribution in [0.15, 0.2) is 40.0 Å². The number of ether oxygens (including phenoxy) is 1. The molecule has 2 heterocycles. The monoisotopic (exact) mass is 394 g/mol. The fourth-order valence-corrected chi connectivity index (χ4v) is 3.44. The van der Waals surface area contributed by atoms with E-state index >= 15 is 0 Å². The van der Waals surface area contributed by atoms with Crippen LogP contribution in [-0.2, 0) is 21.2 Å². The number of carbonyl (C=O) groups excluding carboxylic acids is 1. The fourth-order valence-electron chi connectivity index (χ4n) is 2.64. The highest BCUT2D eigenvalue weighted by atomic mass is 32.2. The van der Waals surface area contributed by atoms with Crippen LogP contribution in [0.2, 0.25) is 0 Å². The first-order valence-corrected chi connectivity index (χ1v) is 9.44. The van der Waals surface area contributed by atoms with Crippen LogP contribution in [0, 0.1) is 0 Å². The van der Waals surface area contributed by atoms with Crippen LogP contribution in [0.5, 0.6) is 5.75 Å². The average molecular weight is 394 g/mol. The number of benzene rings is 1. The molecule has 0 radical (unpaired) electrons. The number of nitrogens with zero attached hydrogens (tertiary/aromatic N) is 1. The molecule has 1 amide bonds. The number of hydrogen-bond donors (Lipinski definition) is 2. The lowest BCUT2D eigenvalue weighted by Crippen LogP contribution is -2.33. The van der Waals surface area contributed by atoms with Gasteiger partial charge in [-0.2, -0.15) is 0 Å². The quantitative estimate of drug-likeness (QED) is 0.749. The van der Waals surface area contributed by atoms with E-state index in [1.165, 1.54) is 14.1 Å². The molecular weight excluding hydrogens is 376 g/mol. The summed E-state index contributed by atoms with van der Waals surface area (Å²) in [6, 6.07) is 4.67. The predicted molar refractivity (Wildman–Crippen MR) is 93.1 cm³/mol. The normalized spacial score (nSPS) is 14.5. The highest BCUT2D eigenvalue weighted by Gasteiger charge is 2.27. The van der Waals surface area contributed by atoms with Crippen LogP contribution in [0.4, 0.5) is 0 Å². The summed E-state index contributed by atoms with van der Waals surface area (Å²) in [6.45, 7) is 0.529. The van der Waals surface area contributed by atoms with Gasteiger partial charge in [0.2, 0.25) is 5.09 Å². The molecule has 1 aromatic carbocycles. The van der Waals surface area contributed by atoms with E-state index in [9.17, 15) is 23.1 Å². The number of carbonyl (C=O) groups is 2. The average Bonchev–Trinajstić information content (AvgIpc) is 3.27. The predicted octanol–water partition coefficient (Wildman–Crippen LogP) is 1.02. The van der Waals surface area contributed by atoms with E-state index in [0.29, 0.717) is 24.3 Å². The maximum Gasteiger partial charge on any atom is 0.330 e. The largest absolute Gasteiger partial charge is 0.493 e. The number of rotatable bonds is 6. The van der Waals surface area contributed by atoms with Crippen molar-refractivity contribution >= 4 is 21.9 Å². The number of furan rings is 1. The topological polar surface area (TPSA) is 126 Å². The molecule has 1 unspecified atom stereocenters. The number of nitrogens with one attached hydrogen (secondary N) is 1. The SMILES string of the molecule is CN(C)S(=O)(=O)c1cc(C(=O)NC(C(=O)O)c2ccc3c(c2)CCO3)co1. The third-order valence-corrected chi connectivity index (χ3v) is 5.83. The van der Waals surface area contributed by atoms with Crippen molar-refractivity contribution in [3.05, 3.63) is 47.2 Å². The zero-order valence-electron chi connectivity index (χ0n) is 14.6. The van der Waals surface area contributed by atoms with Crippen molar-refractivity contribution in [3.8, 4) is 5.75 Å². The van der Waals surface area contributed by atoms with E-state index in [2.05, 4.69) is 5.32 Å². The van der Waals surface area contributed by atoms with Crippen molar-refractivity contribution in [3.63, 3.8) is 0 Å². The van der Waals surface area contributed by atoms with Crippen molar-refractivity contribution in [2.45, 2.75) is 17.6 Å². The van der Waals surface area contributed by atoms with E-state index < -0.39 is 33.0 Å². The van der Waals surface area contributed by atoms with Gasteiger partial charge >= 0.3 is 5.97 Å². The van der Waals surface area contributed by atoms with Gasteiger partial charge in [0.25, 0.3) is 15.9 Å². The number of carboxylic acids is 1. The molecule has 3 rings (SSSR count). The number of fused-ring (bicyclic) bond motifs is 1. The van der Waals surface area contributed by atoms with E-state index in [4.69, 9.17) is 9.15 Å². The summed E-state index contributed by atoms with van der Waals surface area (Å²) in [5.74, 6) is -1.31. The Hall–Kier alpha value is -2.85. The maximum atomic E-state index is 12.4. The second-order valence-electron chi connectivity index (χ2n) is 6.15. The third kappa shape index (κ3) is 3.67. The van der Waals surface area contributed by atoms with Gasteiger partial charge < -0.3 is 19.6 Å². The Kier molecular flexibility index (Phi) is 4.94. The van der Waals surface area contributed by atoms with E-state index in [-0.39, 0.29) is 5.56 Å². The standard InChI is InChI=1S/C17H18N2O7S/c1-19(2)27(23,24)14-8-12(9-26-14)16(20)18-15(17(21)22)11-3-4-13-10(7-11)5-6-25-13/h3-4,7-9,15H,5-6H2,1-2H3,(H,18,20)(H,21,22). The summed E-state index contributed by atoms with van der Waals surface area (Å²) in [5, 5.41) is 11.5. The lowest BCUT2D eigenvalue weighted by molar-refractivity contribution is -0.139. The lowest BCUT2D eigenvalue weighted by atomic mass is 10.0. The summed E-state index contributed by atoms with van der Waals surface area (Å²) < 4.78 is 35.3. The molecule has 27 heavy (non-hydrogen) atoms. The first-order valence-electron chi connectivity index (χ1n) is 8.00. The highest BCUT2D eigenvalue weighted by molar-refractivity contribution is 7.88. The zero-order valence-corrected chi connectivity index (χ0v) is 15.4. The molecule has 144 valence electrons. The molecule has 0 spiro atoms. The Bertz CT molecular complexity index is 994. The lowest BCUT2D eigenvalue weighted by Gasteiger charge is -2.15. The molecule has 1 atom stereocenters. The van der Waals surface area contributed by atoms with Crippen LogP contribution in [0.1, 0.15) is 27.5 Å². The van der Waals surface area contributed by atoms with E-state index in [1.807, 2.05) is 0 Å². The second kappa shape index (κ2) is 7.05. The minimum absolute atomic E-state index is 0.0915. The molecule has 1 aliphatic rings. The highest BCUT2D eigenvalue weighted by Crippen LogP contribution is 2.28. The minimum atomic E-state index is -3.84. The minimum Gasteiger partial charge on any atom is -0.493 e. The van der Waals surface area contributed by atoms with Gasteiger partial charge in [-0.1, -0.05) is 6.07 Å². The summed E-state index contributed by atoms with van der Waals surface area (Å²) in [5.41, 5.74) is 1.17. The molecular formula is C17H18N2O7S. The van der Waals surface area contributed by atoms with Gasteiger partial charge in [-0.05, 0) is 23.3 Å². The molecule has 0 saturated heterocycles. The van der Waals surface area contributed by atoms with Gasteiger partial charge in [-0.25, -0.2) is 17.5 Å². The fraction of sp³-hybridized carbons (Fsp3) is 0.294. The number of amides is 1. The van der Waals surface area contributed by atoms with Gasteiger partial charge in [0.1, 0.15) is 12.0 Å². The number of sulfonamides is 1. The van der Waals surface area contributed by atoms with Crippen molar-refractivity contribution in [1.29, 1.82) is 0 Å². The van der Waals surface area contributed by atoms with E-state index in [1.54, 1.807) is 18.2 Å². The van der Waals surface area contributed by atoms with Crippen LogP contribution in [0.3, 0.4) is 0 Å². The van der Waals surface area contributed by atoms with Gasteiger partial charge in [0.05, 0.1) is 12.2 Å². The van der Waals surface area contributed by atoms with Crippen molar-refractivity contribution in [2.24, 2.45) is 0 Å². The Morgan fingerprint density at radius 3 is 2.67 bits per heavy atom. The number of hydrogen-bond acceptors (Lipinski definition) is 6. The van der Waals surface area contributed by atoms with Crippen LogP contribution >= 0.6 is 0 Å². The molecule has 2 N–H and O–H groups in total. The molecule has 0 saturated carbocycles. The van der Waals surface area contributed by atoms with Gasteiger partial charge in [0, 0.05) is 26.6 Å². The molecule has 10 heteroatoms. The van der Waals surface area contributed by atoms with Crippen LogP contribution in [-0.4, -0.2) is 50.4 Å². The maximum absolute atomic E-state index is 12.4. The third-order valence-electron chi connectivity index (χ3n) is 4.14. The second-order valence-corrected chi connectivity index (χ2v) is 8.23. The summed E-state index contributed by atoms with van der Waals surface area (Å²) in [6.07, 6.45) is 1.64. The van der Waals surface area contributed by atoms with Gasteiger partial charge in [-0.3, -0.25) is 4.79 Å². The molecule has 2 aromatic rings. The molecule has 1 aromatic heterocycles. The first kappa shape index (κ1) is 18.9. The molecule has 1 aliphatic heterocycles. The summed E-state index contributed by atoms with van der Waals surface area (Å²) in [7, 11) is -1.18.